The summed E-state index contributed by atoms with van der Waals surface area (Å²) in [5.74, 6) is 1.37. The molecule has 2 heteroatoms. The second-order valence-corrected chi connectivity index (χ2v) is 6.92. The Labute approximate surface area is 130 Å². The van der Waals surface area contributed by atoms with E-state index in [1.807, 2.05) is 0 Å². The molecule has 1 aliphatic rings. The summed E-state index contributed by atoms with van der Waals surface area (Å²) in [6.45, 7) is 12.9. The van der Waals surface area contributed by atoms with Crippen molar-refractivity contribution in [2.75, 3.05) is 25.0 Å². The van der Waals surface area contributed by atoms with Crippen LogP contribution in [0.2, 0.25) is 0 Å². The predicted molar refractivity (Wildman–Crippen MR) is 93.1 cm³/mol. The zero-order valence-corrected chi connectivity index (χ0v) is 14.2. The van der Waals surface area contributed by atoms with Crippen LogP contribution in [0.5, 0.6) is 0 Å². The molecule has 1 heterocycles. The van der Waals surface area contributed by atoms with Crippen molar-refractivity contribution in [1.82, 2.24) is 4.90 Å². The molecule has 1 saturated heterocycles. The van der Waals surface area contributed by atoms with Gasteiger partial charge in [0.05, 0.1) is 0 Å². The first-order valence-electron chi connectivity index (χ1n) is 8.69. The smallest absolute Gasteiger partial charge is 0.0345 e. The molecule has 0 radical (unpaired) electrons. The fourth-order valence-corrected chi connectivity index (χ4v) is 3.39. The Morgan fingerprint density at radius 3 is 2.81 bits per heavy atom. The summed E-state index contributed by atoms with van der Waals surface area (Å²) in [7, 11) is 0. The van der Waals surface area contributed by atoms with Gasteiger partial charge in [-0.3, -0.25) is 0 Å². The van der Waals surface area contributed by atoms with Crippen LogP contribution in [0, 0.1) is 5.92 Å². The number of hydrogen-bond acceptors (Lipinski definition) is 2. The summed E-state index contributed by atoms with van der Waals surface area (Å²) < 4.78 is 0. The predicted octanol–water partition coefficient (Wildman–Crippen LogP) is 4.73. The van der Waals surface area contributed by atoms with Crippen molar-refractivity contribution >= 4 is 5.69 Å². The third-order valence-electron chi connectivity index (χ3n) is 4.74. The number of rotatable bonds is 6. The number of anilines is 1. The van der Waals surface area contributed by atoms with Crippen molar-refractivity contribution in [3.63, 3.8) is 0 Å². The SMILES string of the molecule is CCCN1CCCC(C(C)Nc2cccc(C(C)C)c2)C1. The molecule has 1 N–H and O–H groups in total. The van der Waals surface area contributed by atoms with Crippen LogP contribution in [0.3, 0.4) is 0 Å². The molecule has 0 aliphatic carbocycles. The number of nitrogens with zero attached hydrogens (tertiary/aromatic N) is 1. The highest BCUT2D eigenvalue weighted by atomic mass is 15.1. The van der Waals surface area contributed by atoms with Crippen LogP contribution < -0.4 is 5.32 Å². The van der Waals surface area contributed by atoms with Crippen LogP contribution in [0.1, 0.15) is 58.4 Å². The van der Waals surface area contributed by atoms with E-state index in [0.29, 0.717) is 12.0 Å². The molecule has 118 valence electrons. The molecule has 1 aromatic carbocycles. The quantitative estimate of drug-likeness (QED) is 0.814. The average molecular weight is 288 g/mol. The molecule has 0 spiro atoms. The molecule has 2 rings (SSSR count). The second-order valence-electron chi connectivity index (χ2n) is 6.92. The monoisotopic (exact) mass is 288 g/mol. The Balaban J connectivity index is 1.94. The summed E-state index contributed by atoms with van der Waals surface area (Å²) in [5.41, 5.74) is 2.70. The van der Waals surface area contributed by atoms with Gasteiger partial charge in [0.2, 0.25) is 0 Å². The number of hydrogen-bond donors (Lipinski definition) is 1. The minimum Gasteiger partial charge on any atom is -0.382 e. The molecule has 1 aliphatic heterocycles. The molecule has 21 heavy (non-hydrogen) atoms. The molecule has 0 aromatic heterocycles. The van der Waals surface area contributed by atoms with Crippen molar-refractivity contribution in [1.29, 1.82) is 0 Å². The second kappa shape index (κ2) is 7.84. The van der Waals surface area contributed by atoms with E-state index in [0.717, 1.165) is 5.92 Å². The summed E-state index contributed by atoms with van der Waals surface area (Å²) in [6, 6.07) is 9.47. The van der Waals surface area contributed by atoms with E-state index in [1.54, 1.807) is 0 Å². The number of nitrogens with one attached hydrogen (secondary N) is 1. The van der Waals surface area contributed by atoms with Gasteiger partial charge >= 0.3 is 0 Å². The van der Waals surface area contributed by atoms with Gasteiger partial charge in [0.1, 0.15) is 0 Å². The highest BCUT2D eigenvalue weighted by molar-refractivity contribution is 5.47. The van der Waals surface area contributed by atoms with Gasteiger partial charge in [-0.05, 0) is 68.8 Å². The molecular weight excluding hydrogens is 256 g/mol. The van der Waals surface area contributed by atoms with Crippen molar-refractivity contribution in [3.8, 4) is 0 Å². The molecule has 1 aromatic rings. The molecule has 0 amide bonds. The topological polar surface area (TPSA) is 15.3 Å². The number of piperidine rings is 1. The van der Waals surface area contributed by atoms with E-state index in [4.69, 9.17) is 0 Å². The Hall–Kier alpha value is -1.02. The van der Waals surface area contributed by atoms with Gasteiger partial charge < -0.3 is 10.2 Å². The Morgan fingerprint density at radius 1 is 1.29 bits per heavy atom. The van der Waals surface area contributed by atoms with Gasteiger partial charge in [0, 0.05) is 18.3 Å². The van der Waals surface area contributed by atoms with Gasteiger partial charge in [-0.1, -0.05) is 32.9 Å². The van der Waals surface area contributed by atoms with Gasteiger partial charge in [0.15, 0.2) is 0 Å². The zero-order valence-electron chi connectivity index (χ0n) is 14.2. The summed E-state index contributed by atoms with van der Waals surface area (Å²) >= 11 is 0. The van der Waals surface area contributed by atoms with E-state index < -0.39 is 0 Å². The lowest BCUT2D eigenvalue weighted by Crippen LogP contribution is -2.42. The van der Waals surface area contributed by atoms with E-state index in [2.05, 4.69) is 62.2 Å². The normalized spacial score (nSPS) is 21.5. The zero-order chi connectivity index (χ0) is 15.2. The molecule has 2 unspecified atom stereocenters. The van der Waals surface area contributed by atoms with Gasteiger partial charge in [-0.2, -0.15) is 0 Å². The molecule has 2 atom stereocenters. The minimum absolute atomic E-state index is 0.548. The molecule has 0 saturated carbocycles. The van der Waals surface area contributed by atoms with Crippen molar-refractivity contribution in [2.45, 2.75) is 58.9 Å². The van der Waals surface area contributed by atoms with Crippen LogP contribution in [0.15, 0.2) is 24.3 Å². The number of benzene rings is 1. The first-order chi connectivity index (χ1) is 10.1. The Morgan fingerprint density at radius 2 is 2.10 bits per heavy atom. The van der Waals surface area contributed by atoms with E-state index in [9.17, 15) is 0 Å². The van der Waals surface area contributed by atoms with Crippen molar-refractivity contribution < 1.29 is 0 Å². The van der Waals surface area contributed by atoms with Crippen LogP contribution in [-0.4, -0.2) is 30.6 Å². The minimum atomic E-state index is 0.548. The van der Waals surface area contributed by atoms with E-state index in [1.165, 1.54) is 50.1 Å². The van der Waals surface area contributed by atoms with Crippen LogP contribution >= 0.6 is 0 Å². The third kappa shape index (κ3) is 4.74. The summed E-state index contributed by atoms with van der Waals surface area (Å²) in [4.78, 5) is 2.64. The largest absolute Gasteiger partial charge is 0.382 e. The average Bonchev–Trinajstić information content (AvgIpc) is 2.48. The van der Waals surface area contributed by atoms with Crippen molar-refractivity contribution in [3.05, 3.63) is 29.8 Å². The third-order valence-corrected chi connectivity index (χ3v) is 4.74. The molecule has 1 fully saturated rings. The summed E-state index contributed by atoms with van der Waals surface area (Å²) in [5, 5.41) is 3.74. The highest BCUT2D eigenvalue weighted by Crippen LogP contribution is 2.24. The lowest BCUT2D eigenvalue weighted by molar-refractivity contribution is 0.165. The maximum absolute atomic E-state index is 3.74. The summed E-state index contributed by atoms with van der Waals surface area (Å²) in [6.07, 6.45) is 3.98. The molecule has 2 nitrogen and oxygen atoms in total. The molecular formula is C19H32N2. The first-order valence-corrected chi connectivity index (χ1v) is 8.69. The lowest BCUT2D eigenvalue weighted by Gasteiger charge is -2.36. The number of likely N-dealkylation sites (tertiary alicyclic amines) is 1. The van der Waals surface area contributed by atoms with Gasteiger partial charge in [0.25, 0.3) is 0 Å². The van der Waals surface area contributed by atoms with Crippen molar-refractivity contribution in [2.24, 2.45) is 5.92 Å². The fourth-order valence-electron chi connectivity index (χ4n) is 3.39. The highest BCUT2D eigenvalue weighted by Gasteiger charge is 2.24. The van der Waals surface area contributed by atoms with Crippen LogP contribution in [-0.2, 0) is 0 Å². The Kier molecular flexibility index (Phi) is 6.10. The molecule has 0 bridgehead atoms. The van der Waals surface area contributed by atoms with Gasteiger partial charge in [-0.15, -0.1) is 0 Å². The Bertz CT molecular complexity index is 425. The fraction of sp³-hybridized carbons (Fsp3) is 0.684. The van der Waals surface area contributed by atoms with E-state index in [-0.39, 0.29) is 0 Å². The maximum Gasteiger partial charge on any atom is 0.0345 e. The lowest BCUT2D eigenvalue weighted by atomic mass is 9.91. The van der Waals surface area contributed by atoms with Crippen LogP contribution in [0.25, 0.3) is 0 Å². The van der Waals surface area contributed by atoms with Crippen LogP contribution in [0.4, 0.5) is 5.69 Å². The van der Waals surface area contributed by atoms with Gasteiger partial charge in [-0.25, -0.2) is 0 Å². The standard InChI is InChI=1S/C19H32N2/c1-5-11-21-12-7-9-18(14-21)16(4)20-19-10-6-8-17(13-19)15(2)3/h6,8,10,13,15-16,18,20H,5,7,9,11-12,14H2,1-4H3. The first kappa shape index (κ1) is 16.4. The maximum atomic E-state index is 3.74. The van der Waals surface area contributed by atoms with E-state index >= 15 is 0 Å².